The van der Waals surface area contributed by atoms with Crippen molar-refractivity contribution < 1.29 is 22.7 Å². The number of aliphatic hydroxyl groups excluding tert-OH is 1. The summed E-state index contributed by atoms with van der Waals surface area (Å²) in [6, 6.07) is 4.00. The molecule has 0 spiro atoms. The fraction of sp³-hybridized carbons (Fsp3) is 0.500. The second-order valence-corrected chi connectivity index (χ2v) is 7.44. The normalized spacial score (nSPS) is 20.4. The summed E-state index contributed by atoms with van der Waals surface area (Å²) in [6.07, 6.45) is 0.321. The van der Waals surface area contributed by atoms with Gasteiger partial charge in [0.05, 0.1) is 23.7 Å². The second-order valence-electron chi connectivity index (χ2n) is 5.22. The SMILES string of the molecule is Cc1cccc(C(=O)N(CCO)C2CCS(=O)(=O)C2)c1F. The van der Waals surface area contributed by atoms with Gasteiger partial charge in [0.1, 0.15) is 5.82 Å². The van der Waals surface area contributed by atoms with Gasteiger partial charge in [0, 0.05) is 12.6 Å². The van der Waals surface area contributed by atoms with Gasteiger partial charge in [0.2, 0.25) is 0 Å². The van der Waals surface area contributed by atoms with Crippen molar-refractivity contribution in [2.45, 2.75) is 19.4 Å². The van der Waals surface area contributed by atoms with Crippen LogP contribution in [0, 0.1) is 12.7 Å². The van der Waals surface area contributed by atoms with Crippen LogP contribution in [-0.4, -0.2) is 55.0 Å². The molecule has 0 aromatic heterocycles. The van der Waals surface area contributed by atoms with E-state index in [2.05, 4.69) is 0 Å². The molecule has 1 N–H and O–H groups in total. The van der Waals surface area contributed by atoms with E-state index in [1.54, 1.807) is 19.1 Å². The van der Waals surface area contributed by atoms with Crippen molar-refractivity contribution in [2.24, 2.45) is 0 Å². The average molecular weight is 315 g/mol. The molecule has 1 aliphatic heterocycles. The summed E-state index contributed by atoms with van der Waals surface area (Å²) in [5.74, 6) is -1.30. The molecule has 0 saturated carbocycles. The number of nitrogens with zero attached hydrogens (tertiary/aromatic N) is 1. The van der Waals surface area contributed by atoms with E-state index in [4.69, 9.17) is 5.11 Å². The van der Waals surface area contributed by atoms with E-state index >= 15 is 0 Å². The first-order valence-electron chi connectivity index (χ1n) is 6.73. The van der Waals surface area contributed by atoms with Crippen molar-refractivity contribution >= 4 is 15.7 Å². The first-order chi connectivity index (χ1) is 9.85. The number of hydrogen-bond donors (Lipinski definition) is 1. The summed E-state index contributed by atoms with van der Waals surface area (Å²) in [5.41, 5.74) is 0.261. The Morgan fingerprint density at radius 1 is 1.48 bits per heavy atom. The van der Waals surface area contributed by atoms with E-state index < -0.39 is 27.6 Å². The highest BCUT2D eigenvalue weighted by Gasteiger charge is 2.35. The smallest absolute Gasteiger partial charge is 0.257 e. The van der Waals surface area contributed by atoms with Crippen molar-refractivity contribution in [3.05, 3.63) is 35.1 Å². The maximum absolute atomic E-state index is 14.1. The second kappa shape index (κ2) is 6.11. The highest BCUT2D eigenvalue weighted by molar-refractivity contribution is 7.91. The van der Waals surface area contributed by atoms with Crippen LogP contribution in [0.25, 0.3) is 0 Å². The average Bonchev–Trinajstić information content (AvgIpc) is 2.78. The lowest BCUT2D eigenvalue weighted by Gasteiger charge is -2.28. The van der Waals surface area contributed by atoms with E-state index in [1.165, 1.54) is 11.0 Å². The molecule has 1 aromatic rings. The highest BCUT2D eigenvalue weighted by Crippen LogP contribution is 2.21. The maximum atomic E-state index is 14.1. The highest BCUT2D eigenvalue weighted by atomic mass is 32.2. The Bertz CT molecular complexity index is 644. The van der Waals surface area contributed by atoms with Gasteiger partial charge < -0.3 is 10.0 Å². The maximum Gasteiger partial charge on any atom is 0.257 e. The van der Waals surface area contributed by atoms with Gasteiger partial charge in [-0.05, 0) is 25.0 Å². The summed E-state index contributed by atoms with van der Waals surface area (Å²) in [6.45, 7) is 1.25. The van der Waals surface area contributed by atoms with Crippen LogP contribution in [0.2, 0.25) is 0 Å². The van der Waals surface area contributed by atoms with Crippen LogP contribution in [0.1, 0.15) is 22.3 Å². The number of amides is 1. The fourth-order valence-electron chi connectivity index (χ4n) is 2.55. The number of hydrogen-bond acceptors (Lipinski definition) is 4. The molecule has 116 valence electrons. The van der Waals surface area contributed by atoms with Crippen molar-refractivity contribution in [1.29, 1.82) is 0 Å². The zero-order valence-electron chi connectivity index (χ0n) is 11.8. The zero-order chi connectivity index (χ0) is 15.6. The minimum Gasteiger partial charge on any atom is -0.395 e. The number of rotatable bonds is 4. The summed E-state index contributed by atoms with van der Waals surface area (Å²) < 4.78 is 37.2. The first-order valence-corrected chi connectivity index (χ1v) is 8.55. The number of aliphatic hydroxyl groups is 1. The van der Waals surface area contributed by atoms with Gasteiger partial charge in [-0.15, -0.1) is 0 Å². The molecule has 0 radical (unpaired) electrons. The van der Waals surface area contributed by atoms with Gasteiger partial charge >= 0.3 is 0 Å². The molecule has 1 unspecified atom stereocenters. The van der Waals surface area contributed by atoms with Crippen LogP contribution >= 0.6 is 0 Å². The van der Waals surface area contributed by atoms with Crippen LogP contribution in [-0.2, 0) is 9.84 Å². The molecule has 1 saturated heterocycles. The molecule has 21 heavy (non-hydrogen) atoms. The largest absolute Gasteiger partial charge is 0.395 e. The number of aryl methyl sites for hydroxylation is 1. The number of benzene rings is 1. The molecule has 1 heterocycles. The van der Waals surface area contributed by atoms with Crippen LogP contribution in [0.4, 0.5) is 4.39 Å². The van der Waals surface area contributed by atoms with E-state index in [-0.39, 0.29) is 30.2 Å². The van der Waals surface area contributed by atoms with Gasteiger partial charge in [-0.1, -0.05) is 12.1 Å². The lowest BCUT2D eigenvalue weighted by Crippen LogP contribution is -2.43. The molecular formula is C14H18FNO4S. The molecule has 1 aliphatic rings. The molecule has 5 nitrogen and oxygen atoms in total. The van der Waals surface area contributed by atoms with E-state index in [1.807, 2.05) is 0 Å². The Hall–Kier alpha value is -1.47. The molecule has 1 fully saturated rings. The Labute approximate surface area is 123 Å². The molecule has 7 heteroatoms. The van der Waals surface area contributed by atoms with Crippen LogP contribution in [0.15, 0.2) is 18.2 Å². The van der Waals surface area contributed by atoms with Crippen LogP contribution < -0.4 is 0 Å². The topological polar surface area (TPSA) is 74.7 Å². The molecule has 0 bridgehead atoms. The van der Waals surface area contributed by atoms with Gasteiger partial charge in [0.25, 0.3) is 5.91 Å². The van der Waals surface area contributed by atoms with E-state index in [0.717, 1.165) is 0 Å². The van der Waals surface area contributed by atoms with Gasteiger partial charge in [-0.3, -0.25) is 4.79 Å². The first kappa shape index (κ1) is 15.9. The van der Waals surface area contributed by atoms with E-state index in [0.29, 0.717) is 12.0 Å². The zero-order valence-corrected chi connectivity index (χ0v) is 12.6. The van der Waals surface area contributed by atoms with Gasteiger partial charge in [0.15, 0.2) is 9.84 Å². The van der Waals surface area contributed by atoms with Gasteiger partial charge in [-0.2, -0.15) is 0 Å². The predicted molar refractivity (Wildman–Crippen MR) is 76.3 cm³/mol. The third kappa shape index (κ3) is 3.41. The lowest BCUT2D eigenvalue weighted by atomic mass is 10.1. The van der Waals surface area contributed by atoms with Crippen LogP contribution in [0.3, 0.4) is 0 Å². The Balaban J connectivity index is 2.30. The summed E-state index contributed by atoms with van der Waals surface area (Å²) in [7, 11) is -3.16. The Morgan fingerprint density at radius 3 is 2.76 bits per heavy atom. The minimum absolute atomic E-state index is 0.00754. The predicted octanol–water partition coefficient (Wildman–Crippen LogP) is 0.756. The summed E-state index contributed by atoms with van der Waals surface area (Å²) in [5, 5.41) is 9.11. The number of carbonyl (C=O) groups excluding carboxylic acids is 1. The lowest BCUT2D eigenvalue weighted by molar-refractivity contribution is 0.0650. The molecular weight excluding hydrogens is 297 g/mol. The number of carbonyl (C=O) groups is 1. The quantitative estimate of drug-likeness (QED) is 0.890. The summed E-state index contributed by atoms with van der Waals surface area (Å²) in [4.78, 5) is 13.8. The third-order valence-electron chi connectivity index (χ3n) is 3.67. The number of halogens is 1. The molecule has 0 aliphatic carbocycles. The third-order valence-corrected chi connectivity index (χ3v) is 5.42. The standard InChI is InChI=1S/C14H18FNO4S/c1-10-3-2-4-12(13(10)15)14(18)16(6-7-17)11-5-8-21(19,20)9-11/h2-4,11,17H,5-9H2,1H3. The Kier molecular flexibility index (Phi) is 4.63. The monoisotopic (exact) mass is 315 g/mol. The van der Waals surface area contributed by atoms with Crippen molar-refractivity contribution in [3.8, 4) is 0 Å². The summed E-state index contributed by atoms with van der Waals surface area (Å²) >= 11 is 0. The molecule has 1 atom stereocenters. The van der Waals surface area contributed by atoms with Crippen molar-refractivity contribution in [2.75, 3.05) is 24.7 Å². The van der Waals surface area contributed by atoms with Gasteiger partial charge in [-0.25, -0.2) is 12.8 Å². The fourth-order valence-corrected chi connectivity index (χ4v) is 4.28. The molecule has 2 rings (SSSR count). The van der Waals surface area contributed by atoms with Crippen molar-refractivity contribution in [3.63, 3.8) is 0 Å². The van der Waals surface area contributed by atoms with E-state index in [9.17, 15) is 17.6 Å². The molecule has 1 amide bonds. The number of sulfone groups is 1. The van der Waals surface area contributed by atoms with Crippen molar-refractivity contribution in [1.82, 2.24) is 4.90 Å². The Morgan fingerprint density at radius 2 is 2.19 bits per heavy atom. The molecule has 1 aromatic carbocycles. The van der Waals surface area contributed by atoms with Crippen LogP contribution in [0.5, 0.6) is 0 Å². The minimum atomic E-state index is -3.16.